The third-order valence-corrected chi connectivity index (χ3v) is 5.32. The van der Waals surface area contributed by atoms with Gasteiger partial charge in [0.25, 0.3) is 0 Å². The van der Waals surface area contributed by atoms with Gasteiger partial charge in [-0.05, 0) is 56.4 Å². The summed E-state index contributed by atoms with van der Waals surface area (Å²) in [5.41, 5.74) is 8.20. The number of aliphatic hydroxyl groups is 1. The monoisotopic (exact) mass is 492 g/mol. The predicted molar refractivity (Wildman–Crippen MR) is 154 cm³/mol. The highest BCUT2D eigenvalue weighted by molar-refractivity contribution is 5.32. The molecule has 35 heavy (non-hydrogen) atoms. The summed E-state index contributed by atoms with van der Waals surface area (Å²) in [7, 11) is 3.38. The van der Waals surface area contributed by atoms with Crippen LogP contribution in [0, 0.1) is 0 Å². The molecule has 3 atom stereocenters. The summed E-state index contributed by atoms with van der Waals surface area (Å²) in [4.78, 5) is 2.30. The lowest BCUT2D eigenvalue weighted by atomic mass is 10.0. The Labute approximate surface area is 217 Å². The number of nitrogens with two attached hydrogens (primary N) is 1. The van der Waals surface area contributed by atoms with E-state index in [2.05, 4.69) is 50.0 Å². The molecule has 0 radical (unpaired) electrons. The van der Waals surface area contributed by atoms with E-state index in [1.807, 2.05) is 45.9 Å². The third-order valence-electron chi connectivity index (χ3n) is 5.32. The topological polar surface area (TPSA) is 68.0 Å². The Morgan fingerprint density at radius 2 is 1.74 bits per heavy atom. The van der Waals surface area contributed by atoms with Crippen molar-refractivity contribution in [3.05, 3.63) is 59.4 Å². The van der Waals surface area contributed by atoms with E-state index in [1.165, 1.54) is 18.4 Å². The minimum Gasteiger partial charge on any atom is -0.497 e. The Hall–Kier alpha value is -1.66. The number of hydrogen-bond donors (Lipinski definition) is 2. The fourth-order valence-electron chi connectivity index (χ4n) is 3.58. The zero-order valence-electron chi connectivity index (χ0n) is 24.2. The summed E-state index contributed by atoms with van der Waals surface area (Å²) in [6.45, 7) is 16.0. The summed E-state index contributed by atoms with van der Waals surface area (Å²) in [6.07, 6.45) is 19.8. The van der Waals surface area contributed by atoms with Gasteiger partial charge in [0.05, 0.1) is 19.3 Å². The largest absolute Gasteiger partial charge is 0.497 e. The lowest BCUT2D eigenvalue weighted by molar-refractivity contribution is 0.0942. The van der Waals surface area contributed by atoms with Gasteiger partial charge in [0, 0.05) is 32.8 Å². The second kappa shape index (κ2) is 24.1. The molecule has 204 valence electrons. The molecule has 3 unspecified atom stereocenters. The average Bonchev–Trinajstić information content (AvgIpc) is 3.27. The molecule has 0 saturated heterocycles. The first-order chi connectivity index (χ1) is 17.0. The lowest BCUT2D eigenvalue weighted by Gasteiger charge is -2.33. The Kier molecular flexibility index (Phi) is 24.4. The van der Waals surface area contributed by atoms with E-state index in [0.717, 1.165) is 30.6 Å². The highest BCUT2D eigenvalue weighted by Gasteiger charge is 2.22. The molecule has 0 fully saturated rings. The van der Waals surface area contributed by atoms with Crippen LogP contribution in [0.3, 0.4) is 0 Å². The van der Waals surface area contributed by atoms with Gasteiger partial charge in [-0.1, -0.05) is 77.8 Å². The van der Waals surface area contributed by atoms with Crippen molar-refractivity contribution < 1.29 is 14.6 Å². The number of ether oxygens (including phenoxy) is 2. The van der Waals surface area contributed by atoms with Gasteiger partial charge >= 0.3 is 0 Å². The molecule has 0 saturated carbocycles. The van der Waals surface area contributed by atoms with Crippen LogP contribution < -0.4 is 5.73 Å². The summed E-state index contributed by atoms with van der Waals surface area (Å²) >= 11 is 0. The van der Waals surface area contributed by atoms with Crippen LogP contribution >= 0.6 is 0 Å². The zero-order valence-corrected chi connectivity index (χ0v) is 24.2. The number of hydrogen-bond acceptors (Lipinski definition) is 5. The SMILES string of the molecule is CC.CC.CCC.COC1=CC=C(CN(CC(O)CN)C(C)CC2=CCCCC=C2)C(OC)C=C1. The van der Waals surface area contributed by atoms with Crippen molar-refractivity contribution in [1.29, 1.82) is 0 Å². The summed E-state index contributed by atoms with van der Waals surface area (Å²) in [6, 6.07) is 0.270. The Bertz CT molecular complexity index is 650. The van der Waals surface area contributed by atoms with E-state index in [0.29, 0.717) is 13.1 Å². The molecule has 0 aromatic rings. The molecule has 0 spiro atoms. The van der Waals surface area contributed by atoms with Crippen LogP contribution in [-0.4, -0.2) is 62.1 Å². The van der Waals surface area contributed by atoms with E-state index in [4.69, 9.17) is 15.2 Å². The Morgan fingerprint density at radius 3 is 2.31 bits per heavy atom. The van der Waals surface area contributed by atoms with Crippen molar-refractivity contribution >= 4 is 0 Å². The fourth-order valence-corrected chi connectivity index (χ4v) is 3.58. The maximum atomic E-state index is 10.2. The van der Waals surface area contributed by atoms with Gasteiger partial charge in [-0.25, -0.2) is 0 Å². The lowest BCUT2D eigenvalue weighted by Crippen LogP contribution is -2.43. The Morgan fingerprint density at radius 1 is 1.09 bits per heavy atom. The van der Waals surface area contributed by atoms with Crippen molar-refractivity contribution in [1.82, 2.24) is 4.90 Å². The minimum absolute atomic E-state index is 0.120. The second-order valence-corrected chi connectivity index (χ2v) is 8.22. The number of aliphatic hydroxyl groups excluding tert-OH is 1. The van der Waals surface area contributed by atoms with Crippen LogP contribution in [0.5, 0.6) is 0 Å². The van der Waals surface area contributed by atoms with Crippen LogP contribution in [0.4, 0.5) is 0 Å². The number of methoxy groups -OCH3 is 2. The standard InChI is InChI=1S/C23H36N2O3.C3H8.2C2H6/c1-18(14-19-8-6-4-5-7-9-19)25(17-21(26)15-24)16-20-10-11-22(27-2)12-13-23(20)28-3;1-3-2;2*1-2/h6,8-13,18,21,23,26H,4-5,7,14-17,24H2,1-3H3;3H2,1-2H3;2*1-2H3. The number of nitrogens with zero attached hydrogens (tertiary/aromatic N) is 1. The van der Waals surface area contributed by atoms with Crippen LogP contribution in [0.2, 0.25) is 0 Å². The van der Waals surface area contributed by atoms with Crippen LogP contribution in [0.15, 0.2) is 59.4 Å². The molecule has 5 heteroatoms. The molecule has 5 nitrogen and oxygen atoms in total. The highest BCUT2D eigenvalue weighted by atomic mass is 16.5. The first-order valence-corrected chi connectivity index (χ1v) is 13.6. The fraction of sp³-hybridized carbons (Fsp3) is 0.667. The normalized spacial score (nSPS) is 18.5. The molecular formula is C30H56N2O3. The van der Waals surface area contributed by atoms with Gasteiger partial charge in [-0.3, -0.25) is 4.90 Å². The van der Waals surface area contributed by atoms with Gasteiger partial charge in [0.15, 0.2) is 0 Å². The van der Waals surface area contributed by atoms with Gasteiger partial charge in [-0.2, -0.15) is 0 Å². The molecule has 2 aliphatic rings. The van der Waals surface area contributed by atoms with E-state index in [9.17, 15) is 5.11 Å². The quantitative estimate of drug-likeness (QED) is 0.361. The van der Waals surface area contributed by atoms with Crippen molar-refractivity contribution in [3.63, 3.8) is 0 Å². The molecule has 2 aliphatic carbocycles. The van der Waals surface area contributed by atoms with E-state index in [-0.39, 0.29) is 18.7 Å². The molecule has 0 heterocycles. The Balaban J connectivity index is 0. The van der Waals surface area contributed by atoms with Gasteiger partial charge in [-0.15, -0.1) is 0 Å². The first kappa shape index (κ1) is 35.5. The number of rotatable bonds is 10. The molecule has 0 aliphatic heterocycles. The minimum atomic E-state index is -0.547. The van der Waals surface area contributed by atoms with E-state index >= 15 is 0 Å². The second-order valence-electron chi connectivity index (χ2n) is 8.22. The van der Waals surface area contributed by atoms with Gasteiger partial charge in [0.2, 0.25) is 0 Å². The van der Waals surface area contributed by atoms with Crippen molar-refractivity contribution in [2.24, 2.45) is 5.73 Å². The summed E-state index contributed by atoms with van der Waals surface area (Å²) in [5, 5.41) is 10.2. The predicted octanol–water partition coefficient (Wildman–Crippen LogP) is 6.56. The van der Waals surface area contributed by atoms with Crippen LogP contribution in [0.25, 0.3) is 0 Å². The smallest absolute Gasteiger partial charge is 0.118 e. The molecule has 0 bridgehead atoms. The first-order valence-electron chi connectivity index (χ1n) is 13.6. The van der Waals surface area contributed by atoms with E-state index in [1.54, 1.807) is 14.2 Å². The summed E-state index contributed by atoms with van der Waals surface area (Å²) < 4.78 is 11.0. The molecule has 0 aromatic heterocycles. The molecular weight excluding hydrogens is 436 g/mol. The molecule has 3 N–H and O–H groups in total. The van der Waals surface area contributed by atoms with E-state index < -0.39 is 6.10 Å². The molecule has 0 amide bonds. The third kappa shape index (κ3) is 15.8. The van der Waals surface area contributed by atoms with Crippen LogP contribution in [-0.2, 0) is 9.47 Å². The zero-order chi connectivity index (χ0) is 27.1. The summed E-state index contributed by atoms with van der Waals surface area (Å²) in [5.74, 6) is 0.799. The van der Waals surface area contributed by atoms with Gasteiger partial charge in [0.1, 0.15) is 5.76 Å². The maximum absolute atomic E-state index is 10.2. The van der Waals surface area contributed by atoms with Crippen LogP contribution in [0.1, 0.15) is 80.6 Å². The van der Waals surface area contributed by atoms with Gasteiger partial charge < -0.3 is 20.3 Å². The van der Waals surface area contributed by atoms with Crippen molar-refractivity contribution in [2.75, 3.05) is 33.9 Å². The maximum Gasteiger partial charge on any atom is 0.118 e. The van der Waals surface area contributed by atoms with Crippen molar-refractivity contribution in [2.45, 2.75) is 98.8 Å². The average molecular weight is 493 g/mol. The highest BCUT2D eigenvalue weighted by Crippen LogP contribution is 2.22. The number of allylic oxidation sites excluding steroid dienone is 6. The molecule has 0 aromatic carbocycles. The molecule has 2 rings (SSSR count). The van der Waals surface area contributed by atoms with Crippen molar-refractivity contribution in [3.8, 4) is 0 Å².